The van der Waals surface area contributed by atoms with Crippen LogP contribution in [0.1, 0.15) is 11.1 Å². The normalized spacial score (nSPS) is 14.0. The molecule has 7 nitrogen and oxygen atoms in total. The van der Waals surface area contributed by atoms with Crippen LogP contribution in [0.15, 0.2) is 23.2 Å². The summed E-state index contributed by atoms with van der Waals surface area (Å²) < 4.78 is 4.68. The first-order valence-electron chi connectivity index (χ1n) is 6.21. The zero-order valence-electron chi connectivity index (χ0n) is 11.7. The van der Waals surface area contributed by atoms with Crippen LogP contribution in [0.5, 0.6) is 0 Å². The molecule has 0 atom stereocenters. The van der Waals surface area contributed by atoms with Crippen LogP contribution in [0.4, 0.5) is 5.69 Å². The van der Waals surface area contributed by atoms with Gasteiger partial charge in [-0.1, -0.05) is 11.8 Å². The molecular formula is C13H15N3O4S. The fourth-order valence-electron chi connectivity index (χ4n) is 2.09. The molecule has 0 bridgehead atoms. The number of hydrogen-bond donors (Lipinski definition) is 0. The number of aliphatic imine (C=N–C) groups is 1. The van der Waals surface area contributed by atoms with E-state index in [0.717, 1.165) is 16.3 Å². The molecule has 0 radical (unpaired) electrons. The van der Waals surface area contributed by atoms with Gasteiger partial charge in [-0.15, -0.1) is 0 Å². The minimum Gasteiger partial charge on any atom is -0.468 e. The van der Waals surface area contributed by atoms with E-state index in [1.165, 1.54) is 24.9 Å². The Morgan fingerprint density at radius 2 is 2.29 bits per heavy atom. The second-order valence-electron chi connectivity index (χ2n) is 4.45. The van der Waals surface area contributed by atoms with E-state index in [2.05, 4.69) is 9.73 Å². The number of nitro groups is 1. The Hall–Kier alpha value is -2.09. The molecule has 8 heteroatoms. The summed E-state index contributed by atoms with van der Waals surface area (Å²) >= 11 is 1.44. The third-order valence-electron chi connectivity index (χ3n) is 3.15. The Bertz CT molecular complexity index is 603. The molecule has 0 saturated carbocycles. The van der Waals surface area contributed by atoms with Gasteiger partial charge in [0.1, 0.15) is 6.54 Å². The minimum absolute atomic E-state index is 0.0411. The van der Waals surface area contributed by atoms with E-state index in [-0.39, 0.29) is 18.2 Å². The Kier molecular flexibility index (Phi) is 4.79. The molecule has 112 valence electrons. The summed E-state index contributed by atoms with van der Waals surface area (Å²) in [4.78, 5) is 28.2. The molecule has 0 amide bonds. The van der Waals surface area contributed by atoms with Gasteiger partial charge in [0.05, 0.1) is 18.6 Å². The number of amidine groups is 1. The van der Waals surface area contributed by atoms with Gasteiger partial charge >= 0.3 is 5.97 Å². The van der Waals surface area contributed by atoms with Crippen molar-refractivity contribution in [2.75, 3.05) is 19.9 Å². The summed E-state index contributed by atoms with van der Waals surface area (Å²) in [6, 6.07) is 4.73. The fourth-order valence-corrected chi connectivity index (χ4v) is 2.67. The van der Waals surface area contributed by atoms with E-state index in [1.54, 1.807) is 17.0 Å². The summed E-state index contributed by atoms with van der Waals surface area (Å²) in [7, 11) is 1.33. The molecule has 0 N–H and O–H groups in total. The van der Waals surface area contributed by atoms with Crippen molar-refractivity contribution >= 4 is 28.6 Å². The van der Waals surface area contributed by atoms with Crippen molar-refractivity contribution in [3.05, 3.63) is 39.4 Å². The van der Waals surface area contributed by atoms with Gasteiger partial charge < -0.3 is 9.64 Å². The molecule has 1 aromatic rings. The maximum Gasteiger partial charge on any atom is 0.325 e. The standard InChI is InChI=1S/C13H15N3O4S/c1-20-12(17)8-15-7-10-5-11(16(18)19)4-3-9(10)6-14-13(15)21-2/h3-5H,6-8H2,1-2H3. The van der Waals surface area contributed by atoms with E-state index in [0.29, 0.717) is 13.1 Å². The monoisotopic (exact) mass is 309 g/mol. The first kappa shape index (κ1) is 15.3. The highest BCUT2D eigenvalue weighted by Gasteiger charge is 2.21. The molecule has 0 aromatic heterocycles. The molecule has 0 spiro atoms. The number of carbonyl (C=O) groups is 1. The van der Waals surface area contributed by atoms with Crippen molar-refractivity contribution < 1.29 is 14.5 Å². The summed E-state index contributed by atoms with van der Waals surface area (Å²) in [5.41, 5.74) is 1.78. The van der Waals surface area contributed by atoms with E-state index < -0.39 is 4.92 Å². The number of esters is 1. The largest absolute Gasteiger partial charge is 0.468 e. The predicted molar refractivity (Wildman–Crippen MR) is 80.2 cm³/mol. The summed E-state index contributed by atoms with van der Waals surface area (Å²) in [5, 5.41) is 11.6. The van der Waals surface area contributed by atoms with Crippen LogP contribution in [-0.2, 0) is 22.6 Å². The van der Waals surface area contributed by atoms with E-state index >= 15 is 0 Å². The van der Waals surface area contributed by atoms with Gasteiger partial charge in [0.2, 0.25) is 0 Å². The van der Waals surface area contributed by atoms with Gasteiger partial charge in [0.25, 0.3) is 5.69 Å². The van der Waals surface area contributed by atoms with Gasteiger partial charge in [-0.05, 0) is 23.4 Å². The number of thioether (sulfide) groups is 1. The molecule has 1 aliphatic rings. The number of hydrogen-bond acceptors (Lipinski definition) is 7. The number of rotatable bonds is 3. The van der Waals surface area contributed by atoms with Crippen molar-refractivity contribution in [3.8, 4) is 0 Å². The highest BCUT2D eigenvalue weighted by Crippen LogP contribution is 2.24. The molecule has 0 unspecified atom stereocenters. The summed E-state index contributed by atoms with van der Waals surface area (Å²) in [6.07, 6.45) is 1.88. The van der Waals surface area contributed by atoms with Gasteiger partial charge in [-0.25, -0.2) is 0 Å². The number of non-ortho nitro benzene ring substituents is 1. The Balaban J connectivity index is 2.32. The maximum atomic E-state index is 11.5. The van der Waals surface area contributed by atoms with Crippen molar-refractivity contribution in [2.24, 2.45) is 4.99 Å². The van der Waals surface area contributed by atoms with Crippen molar-refractivity contribution in [2.45, 2.75) is 13.1 Å². The first-order chi connectivity index (χ1) is 10.0. The zero-order chi connectivity index (χ0) is 15.4. The number of carbonyl (C=O) groups excluding carboxylic acids is 1. The van der Waals surface area contributed by atoms with E-state index in [1.807, 2.05) is 6.26 Å². The van der Waals surface area contributed by atoms with Crippen LogP contribution in [0.25, 0.3) is 0 Å². The lowest BCUT2D eigenvalue weighted by molar-refractivity contribution is -0.384. The molecule has 21 heavy (non-hydrogen) atoms. The highest BCUT2D eigenvalue weighted by molar-refractivity contribution is 8.13. The van der Waals surface area contributed by atoms with Crippen LogP contribution in [0, 0.1) is 10.1 Å². The SMILES string of the molecule is COC(=O)CN1Cc2cc([N+](=O)[O-])ccc2CN=C1SC. The van der Waals surface area contributed by atoms with Crippen molar-refractivity contribution in [3.63, 3.8) is 0 Å². The van der Waals surface area contributed by atoms with E-state index in [9.17, 15) is 14.9 Å². The molecule has 1 aromatic carbocycles. The Labute approximate surface area is 126 Å². The third kappa shape index (κ3) is 3.52. The van der Waals surface area contributed by atoms with Crippen LogP contribution >= 0.6 is 11.8 Å². The van der Waals surface area contributed by atoms with Crippen molar-refractivity contribution in [1.29, 1.82) is 0 Å². The number of benzene rings is 1. The second-order valence-corrected chi connectivity index (χ2v) is 5.22. The average molecular weight is 309 g/mol. The minimum atomic E-state index is -0.424. The van der Waals surface area contributed by atoms with Crippen LogP contribution in [-0.4, -0.2) is 40.9 Å². The van der Waals surface area contributed by atoms with E-state index in [4.69, 9.17) is 0 Å². The number of ether oxygens (including phenoxy) is 1. The number of methoxy groups -OCH3 is 1. The molecule has 1 heterocycles. The Morgan fingerprint density at radius 1 is 1.52 bits per heavy atom. The average Bonchev–Trinajstić information content (AvgIpc) is 2.64. The van der Waals surface area contributed by atoms with Crippen LogP contribution in [0.3, 0.4) is 0 Å². The molecule has 0 saturated heterocycles. The highest BCUT2D eigenvalue weighted by atomic mass is 32.2. The molecular weight excluding hydrogens is 294 g/mol. The lowest BCUT2D eigenvalue weighted by atomic mass is 10.1. The van der Waals surface area contributed by atoms with Crippen LogP contribution in [0.2, 0.25) is 0 Å². The van der Waals surface area contributed by atoms with Gasteiger partial charge in [-0.3, -0.25) is 19.9 Å². The lowest BCUT2D eigenvalue weighted by Gasteiger charge is -2.22. The summed E-state index contributed by atoms with van der Waals surface area (Å²) in [6.45, 7) is 0.908. The smallest absolute Gasteiger partial charge is 0.325 e. The number of fused-ring (bicyclic) bond motifs is 1. The fraction of sp³-hybridized carbons (Fsp3) is 0.385. The Morgan fingerprint density at radius 3 is 2.90 bits per heavy atom. The molecule has 0 fully saturated rings. The zero-order valence-corrected chi connectivity index (χ0v) is 12.6. The van der Waals surface area contributed by atoms with Gasteiger partial charge in [0.15, 0.2) is 5.17 Å². The topological polar surface area (TPSA) is 85.0 Å². The van der Waals surface area contributed by atoms with Gasteiger partial charge in [-0.2, -0.15) is 0 Å². The van der Waals surface area contributed by atoms with Crippen LogP contribution < -0.4 is 0 Å². The molecule has 1 aliphatic heterocycles. The quantitative estimate of drug-likeness (QED) is 0.481. The third-order valence-corrected chi connectivity index (χ3v) is 3.90. The first-order valence-corrected chi connectivity index (χ1v) is 7.44. The molecule has 0 aliphatic carbocycles. The number of nitrogens with zero attached hydrogens (tertiary/aromatic N) is 3. The predicted octanol–water partition coefficient (Wildman–Crippen LogP) is 1.80. The maximum absolute atomic E-state index is 11.5. The number of nitro benzene ring substituents is 1. The summed E-state index contributed by atoms with van der Waals surface area (Å²) in [5.74, 6) is -0.370. The lowest BCUT2D eigenvalue weighted by Crippen LogP contribution is -2.33. The molecule has 2 rings (SSSR count). The second kappa shape index (κ2) is 6.57. The van der Waals surface area contributed by atoms with Crippen molar-refractivity contribution in [1.82, 2.24) is 4.90 Å². The van der Waals surface area contributed by atoms with Gasteiger partial charge in [0, 0.05) is 18.7 Å².